The van der Waals surface area contributed by atoms with Gasteiger partial charge in [0, 0.05) is 84.1 Å². The van der Waals surface area contributed by atoms with Gasteiger partial charge in [0.2, 0.25) is 5.91 Å². The summed E-state index contributed by atoms with van der Waals surface area (Å²) < 4.78 is 0. The number of guanidine groups is 1. The smallest absolute Gasteiger partial charge is 0.225 e. The number of aryl methyl sites for hydroxylation is 1. The Morgan fingerprint density at radius 2 is 1.67 bits per heavy atom. The molecule has 1 aliphatic carbocycles. The number of piperazine rings is 2. The van der Waals surface area contributed by atoms with Gasteiger partial charge >= 0.3 is 0 Å². The number of hydrogen-bond acceptors (Lipinski definition) is 4. The Morgan fingerprint density at radius 1 is 1.00 bits per heavy atom. The van der Waals surface area contributed by atoms with Crippen LogP contribution in [-0.4, -0.2) is 99.1 Å². The van der Waals surface area contributed by atoms with Crippen LogP contribution in [0.25, 0.3) is 0 Å². The Morgan fingerprint density at radius 3 is 2.30 bits per heavy atom. The van der Waals surface area contributed by atoms with E-state index in [9.17, 15) is 4.79 Å². The van der Waals surface area contributed by atoms with Crippen molar-refractivity contribution in [3.8, 4) is 0 Å². The number of aliphatic imine (C=N–C) groups is 1. The molecule has 0 bridgehead atoms. The van der Waals surface area contributed by atoms with Crippen molar-refractivity contribution in [1.29, 1.82) is 0 Å². The van der Waals surface area contributed by atoms with E-state index in [-0.39, 0.29) is 24.0 Å². The highest BCUT2D eigenvalue weighted by Gasteiger charge is 2.29. The number of rotatable bonds is 5. The molecule has 0 unspecified atom stereocenters. The number of carbonyl (C=O) groups excluding carboxylic acids is 1. The Labute approximate surface area is 216 Å². The van der Waals surface area contributed by atoms with E-state index in [2.05, 4.69) is 61.1 Å². The maximum absolute atomic E-state index is 12.6. The number of anilines is 1. The molecule has 0 radical (unpaired) electrons. The van der Waals surface area contributed by atoms with Crippen molar-refractivity contribution in [2.45, 2.75) is 32.6 Å². The summed E-state index contributed by atoms with van der Waals surface area (Å²) in [6.07, 6.45) is 4.65. The number of nitrogens with one attached hydrogen (secondary N) is 1. The van der Waals surface area contributed by atoms with Crippen molar-refractivity contribution in [3.63, 3.8) is 0 Å². The molecule has 3 fully saturated rings. The summed E-state index contributed by atoms with van der Waals surface area (Å²) in [6, 6.07) is 8.77. The second-order valence-corrected chi connectivity index (χ2v) is 9.44. The Balaban J connectivity index is 0.00000306. The zero-order chi connectivity index (χ0) is 22.3. The fraction of sp³-hybridized carbons (Fsp3) is 0.680. The summed E-state index contributed by atoms with van der Waals surface area (Å²) in [5.74, 6) is 1.72. The molecule has 1 N–H and O–H groups in total. The molecule has 2 saturated heterocycles. The molecule has 4 rings (SSSR count). The Hall–Kier alpha value is -1.55. The molecule has 184 valence electrons. The fourth-order valence-electron chi connectivity index (χ4n) is 5.28. The van der Waals surface area contributed by atoms with Crippen LogP contribution in [0.4, 0.5) is 5.69 Å². The largest absolute Gasteiger partial charge is 0.368 e. The normalized spacial score (nSPS) is 20.7. The van der Waals surface area contributed by atoms with Crippen molar-refractivity contribution in [1.82, 2.24) is 20.0 Å². The van der Waals surface area contributed by atoms with Gasteiger partial charge in [-0.25, -0.2) is 0 Å². The van der Waals surface area contributed by atoms with Crippen LogP contribution in [0.3, 0.4) is 0 Å². The van der Waals surface area contributed by atoms with Crippen LogP contribution in [0.15, 0.2) is 29.3 Å². The molecular formula is C25H41IN6O. The number of carbonyl (C=O) groups is 1. The number of halogens is 1. The lowest BCUT2D eigenvalue weighted by molar-refractivity contribution is -0.137. The highest BCUT2D eigenvalue weighted by Crippen LogP contribution is 2.27. The topological polar surface area (TPSA) is 54.4 Å². The van der Waals surface area contributed by atoms with Gasteiger partial charge in [-0.1, -0.05) is 25.0 Å². The molecule has 1 aromatic carbocycles. The summed E-state index contributed by atoms with van der Waals surface area (Å²) in [6.45, 7) is 11.7. The Bertz CT molecular complexity index is 781. The number of amides is 1. The highest BCUT2D eigenvalue weighted by atomic mass is 127. The molecule has 8 heteroatoms. The van der Waals surface area contributed by atoms with Crippen molar-refractivity contribution in [2.75, 3.05) is 77.4 Å². The molecule has 7 nitrogen and oxygen atoms in total. The van der Waals surface area contributed by atoms with Crippen LogP contribution in [0, 0.1) is 12.8 Å². The third-order valence-corrected chi connectivity index (χ3v) is 7.26. The lowest BCUT2D eigenvalue weighted by atomic mass is 10.1. The van der Waals surface area contributed by atoms with Gasteiger partial charge in [0.15, 0.2) is 5.96 Å². The second kappa shape index (κ2) is 12.8. The SMILES string of the molecule is CN=C(NCCN1CCN(C(=O)C2CCCC2)CC1)N1CCN(c2cccc(C)c2)CC1.I. The van der Waals surface area contributed by atoms with Gasteiger partial charge in [-0.2, -0.15) is 0 Å². The number of nitrogens with zero attached hydrogens (tertiary/aromatic N) is 5. The lowest BCUT2D eigenvalue weighted by Gasteiger charge is -2.38. The monoisotopic (exact) mass is 568 g/mol. The lowest BCUT2D eigenvalue weighted by Crippen LogP contribution is -2.54. The van der Waals surface area contributed by atoms with Gasteiger partial charge in [0.05, 0.1) is 0 Å². The van der Waals surface area contributed by atoms with Gasteiger partial charge in [0.25, 0.3) is 0 Å². The van der Waals surface area contributed by atoms with Crippen LogP contribution >= 0.6 is 24.0 Å². The minimum atomic E-state index is 0. The van der Waals surface area contributed by atoms with Gasteiger partial charge in [-0.05, 0) is 37.5 Å². The first-order valence-corrected chi connectivity index (χ1v) is 12.4. The molecule has 2 aliphatic heterocycles. The Kier molecular flexibility index (Phi) is 10.1. The van der Waals surface area contributed by atoms with Crippen LogP contribution in [0.1, 0.15) is 31.2 Å². The molecule has 1 amide bonds. The summed E-state index contributed by atoms with van der Waals surface area (Å²) in [4.78, 5) is 26.5. The first-order chi connectivity index (χ1) is 15.6. The molecule has 2 heterocycles. The molecule has 0 spiro atoms. The van der Waals surface area contributed by atoms with Gasteiger partial charge in [0.1, 0.15) is 0 Å². The summed E-state index contributed by atoms with van der Waals surface area (Å²) in [5, 5.41) is 3.56. The van der Waals surface area contributed by atoms with Crippen LogP contribution in [0.5, 0.6) is 0 Å². The van der Waals surface area contributed by atoms with E-state index in [1.807, 2.05) is 7.05 Å². The van der Waals surface area contributed by atoms with Crippen molar-refractivity contribution in [3.05, 3.63) is 29.8 Å². The van der Waals surface area contributed by atoms with Gasteiger partial charge in [-0.15, -0.1) is 24.0 Å². The van der Waals surface area contributed by atoms with E-state index in [4.69, 9.17) is 0 Å². The van der Waals surface area contributed by atoms with Crippen LogP contribution in [0.2, 0.25) is 0 Å². The van der Waals surface area contributed by atoms with Gasteiger partial charge in [-0.3, -0.25) is 14.7 Å². The second-order valence-electron chi connectivity index (χ2n) is 9.44. The summed E-state index contributed by atoms with van der Waals surface area (Å²) >= 11 is 0. The maximum atomic E-state index is 12.6. The van der Waals surface area contributed by atoms with E-state index in [1.165, 1.54) is 24.1 Å². The molecule has 3 aliphatic rings. The number of hydrogen-bond donors (Lipinski definition) is 1. The highest BCUT2D eigenvalue weighted by molar-refractivity contribution is 14.0. The molecule has 1 aromatic rings. The zero-order valence-corrected chi connectivity index (χ0v) is 22.7. The first kappa shape index (κ1) is 26.1. The van der Waals surface area contributed by atoms with Gasteiger partial charge < -0.3 is 20.0 Å². The first-order valence-electron chi connectivity index (χ1n) is 12.4. The standard InChI is InChI=1S/C25H40N6O.HI/c1-21-6-5-9-23(20-21)29-16-18-31(19-17-29)25(26-2)27-10-11-28-12-14-30(15-13-28)24(32)22-7-3-4-8-22;/h5-6,9,20,22H,3-4,7-8,10-19H2,1-2H3,(H,26,27);1H. The minimum absolute atomic E-state index is 0. The maximum Gasteiger partial charge on any atom is 0.225 e. The zero-order valence-electron chi connectivity index (χ0n) is 20.3. The van der Waals surface area contributed by atoms with E-state index in [0.29, 0.717) is 11.8 Å². The molecule has 33 heavy (non-hydrogen) atoms. The minimum Gasteiger partial charge on any atom is -0.368 e. The van der Waals surface area contributed by atoms with Crippen molar-refractivity contribution >= 4 is 41.5 Å². The third-order valence-electron chi connectivity index (χ3n) is 7.26. The summed E-state index contributed by atoms with van der Waals surface area (Å²) in [7, 11) is 1.88. The van der Waals surface area contributed by atoms with E-state index < -0.39 is 0 Å². The third kappa shape index (κ3) is 6.97. The van der Waals surface area contributed by atoms with Crippen LogP contribution in [-0.2, 0) is 4.79 Å². The average Bonchev–Trinajstić information content (AvgIpc) is 3.37. The average molecular weight is 569 g/mol. The van der Waals surface area contributed by atoms with E-state index >= 15 is 0 Å². The summed E-state index contributed by atoms with van der Waals surface area (Å²) in [5.41, 5.74) is 2.63. The molecular weight excluding hydrogens is 527 g/mol. The van der Waals surface area contributed by atoms with Crippen molar-refractivity contribution in [2.24, 2.45) is 10.9 Å². The fourth-order valence-corrected chi connectivity index (χ4v) is 5.28. The van der Waals surface area contributed by atoms with Crippen LogP contribution < -0.4 is 10.2 Å². The molecule has 0 atom stereocenters. The number of benzene rings is 1. The predicted molar refractivity (Wildman–Crippen MR) is 147 cm³/mol. The predicted octanol–water partition coefficient (Wildman–Crippen LogP) is 2.64. The van der Waals surface area contributed by atoms with E-state index in [0.717, 1.165) is 84.2 Å². The van der Waals surface area contributed by atoms with Crippen molar-refractivity contribution < 1.29 is 4.79 Å². The molecule has 1 saturated carbocycles. The molecule has 0 aromatic heterocycles. The van der Waals surface area contributed by atoms with E-state index in [1.54, 1.807) is 0 Å². The quantitative estimate of drug-likeness (QED) is 0.337.